The number of aromatic amines is 1. The van der Waals surface area contributed by atoms with E-state index in [1.807, 2.05) is 36.7 Å². The Labute approximate surface area is 152 Å². The van der Waals surface area contributed by atoms with Crippen LogP contribution in [0.1, 0.15) is 24.3 Å². The second-order valence-corrected chi connectivity index (χ2v) is 7.11. The number of H-pyrrole nitrogens is 1. The highest BCUT2D eigenvalue weighted by molar-refractivity contribution is 6.33. The van der Waals surface area contributed by atoms with Crippen molar-refractivity contribution in [2.75, 3.05) is 20.1 Å². The average molecular weight is 353 g/mol. The number of likely N-dealkylation sites (tertiary alicyclic amines) is 1. The molecule has 1 N–H and O–H groups in total. The number of hydrogen-bond acceptors (Lipinski definition) is 3. The minimum absolute atomic E-state index is 0.514. The summed E-state index contributed by atoms with van der Waals surface area (Å²) in [6.07, 6.45) is 7.73. The highest BCUT2D eigenvalue weighted by atomic mass is 35.5. The molecule has 2 aromatic heterocycles. The van der Waals surface area contributed by atoms with Gasteiger partial charge in [0, 0.05) is 34.7 Å². The van der Waals surface area contributed by atoms with Crippen molar-refractivity contribution in [2.24, 2.45) is 0 Å². The summed E-state index contributed by atoms with van der Waals surface area (Å²) in [5.41, 5.74) is 5.69. The Bertz CT molecular complexity index is 838. The van der Waals surface area contributed by atoms with Gasteiger partial charge in [0.05, 0.1) is 5.69 Å². The van der Waals surface area contributed by atoms with Crippen LogP contribution in [0.25, 0.3) is 22.4 Å². The Morgan fingerprint density at radius 3 is 2.48 bits per heavy atom. The molecule has 3 heterocycles. The fourth-order valence-corrected chi connectivity index (χ4v) is 4.00. The predicted molar refractivity (Wildman–Crippen MR) is 102 cm³/mol. The highest BCUT2D eigenvalue weighted by Crippen LogP contribution is 2.41. The van der Waals surface area contributed by atoms with Gasteiger partial charge in [-0.15, -0.1) is 0 Å². The first-order valence-electron chi connectivity index (χ1n) is 8.64. The lowest BCUT2D eigenvalue weighted by atomic mass is 9.83. The molecule has 1 aliphatic heterocycles. The van der Waals surface area contributed by atoms with Gasteiger partial charge >= 0.3 is 0 Å². The van der Waals surface area contributed by atoms with E-state index in [0.717, 1.165) is 53.3 Å². The predicted octanol–water partition coefficient (Wildman–Crippen LogP) is 4.60. The first-order chi connectivity index (χ1) is 12.2. The van der Waals surface area contributed by atoms with Crippen molar-refractivity contribution in [3.63, 3.8) is 0 Å². The van der Waals surface area contributed by atoms with Gasteiger partial charge in [-0.05, 0) is 80.4 Å². The number of nitrogens with zero attached hydrogens (tertiary/aromatic N) is 3. The Morgan fingerprint density at radius 1 is 1.04 bits per heavy atom. The minimum atomic E-state index is 0.514. The van der Waals surface area contributed by atoms with E-state index >= 15 is 0 Å². The Morgan fingerprint density at radius 2 is 1.80 bits per heavy atom. The molecule has 5 heteroatoms. The molecule has 0 unspecified atom stereocenters. The average Bonchev–Trinajstić information content (AvgIpc) is 3.17. The van der Waals surface area contributed by atoms with Gasteiger partial charge in [-0.1, -0.05) is 11.6 Å². The molecule has 1 saturated heterocycles. The molecule has 0 atom stereocenters. The number of nitrogens with one attached hydrogen (secondary N) is 1. The monoisotopic (exact) mass is 352 g/mol. The van der Waals surface area contributed by atoms with E-state index in [4.69, 9.17) is 11.6 Å². The molecule has 1 fully saturated rings. The number of piperidine rings is 1. The first-order valence-corrected chi connectivity index (χ1v) is 9.02. The zero-order chi connectivity index (χ0) is 17.2. The third-order valence-corrected chi connectivity index (χ3v) is 5.36. The van der Waals surface area contributed by atoms with Crippen molar-refractivity contribution < 1.29 is 0 Å². The number of aromatic nitrogens is 3. The van der Waals surface area contributed by atoms with Crippen LogP contribution in [0.2, 0.25) is 5.02 Å². The summed E-state index contributed by atoms with van der Waals surface area (Å²) < 4.78 is 0. The van der Waals surface area contributed by atoms with E-state index < -0.39 is 0 Å². The molecule has 0 spiro atoms. The normalized spacial score (nSPS) is 16.2. The van der Waals surface area contributed by atoms with E-state index in [1.165, 1.54) is 5.56 Å². The molecule has 0 amide bonds. The van der Waals surface area contributed by atoms with Crippen molar-refractivity contribution in [2.45, 2.75) is 18.8 Å². The summed E-state index contributed by atoms with van der Waals surface area (Å²) in [5, 5.41) is 7.91. The summed E-state index contributed by atoms with van der Waals surface area (Å²) in [6.45, 7) is 2.23. The maximum Gasteiger partial charge on any atom is 0.0650 e. The molecule has 0 saturated carbocycles. The zero-order valence-electron chi connectivity index (χ0n) is 14.2. The molecule has 4 rings (SSSR count). The summed E-state index contributed by atoms with van der Waals surface area (Å²) in [5.74, 6) is 0.514. The van der Waals surface area contributed by atoms with Gasteiger partial charge in [-0.25, -0.2) is 0 Å². The number of rotatable bonds is 3. The largest absolute Gasteiger partial charge is 0.306 e. The van der Waals surface area contributed by atoms with Crippen molar-refractivity contribution >= 4 is 11.6 Å². The van der Waals surface area contributed by atoms with E-state index in [2.05, 4.69) is 33.2 Å². The molecule has 0 aliphatic carbocycles. The maximum absolute atomic E-state index is 6.77. The smallest absolute Gasteiger partial charge is 0.0650 e. The SMILES string of the molecule is CN1CCC(c2cc(-c3ccn[nH]3)cc(Cl)c2-c2ccncc2)CC1. The summed E-state index contributed by atoms with van der Waals surface area (Å²) >= 11 is 6.77. The van der Waals surface area contributed by atoms with Crippen LogP contribution in [0.3, 0.4) is 0 Å². The Kier molecular flexibility index (Phi) is 4.55. The van der Waals surface area contributed by atoms with Crippen LogP contribution in [-0.4, -0.2) is 40.2 Å². The molecule has 4 nitrogen and oxygen atoms in total. The van der Waals surface area contributed by atoms with Crippen molar-refractivity contribution in [1.29, 1.82) is 0 Å². The molecular weight excluding hydrogens is 332 g/mol. The molecule has 0 bridgehead atoms. The number of benzene rings is 1. The van der Waals surface area contributed by atoms with Crippen molar-refractivity contribution in [3.05, 3.63) is 59.5 Å². The minimum Gasteiger partial charge on any atom is -0.306 e. The topological polar surface area (TPSA) is 44.8 Å². The van der Waals surface area contributed by atoms with Gasteiger partial charge in [-0.2, -0.15) is 5.10 Å². The van der Waals surface area contributed by atoms with Crippen LogP contribution in [0.15, 0.2) is 48.9 Å². The third kappa shape index (κ3) is 3.32. The van der Waals surface area contributed by atoms with Gasteiger partial charge in [-0.3, -0.25) is 10.1 Å². The van der Waals surface area contributed by atoms with E-state index in [-0.39, 0.29) is 0 Å². The summed E-state index contributed by atoms with van der Waals surface area (Å²) in [4.78, 5) is 6.54. The second-order valence-electron chi connectivity index (χ2n) is 6.71. The molecule has 25 heavy (non-hydrogen) atoms. The van der Waals surface area contributed by atoms with Crippen LogP contribution in [0.4, 0.5) is 0 Å². The zero-order valence-corrected chi connectivity index (χ0v) is 15.0. The molecule has 1 aromatic carbocycles. The fraction of sp³-hybridized carbons (Fsp3) is 0.300. The van der Waals surface area contributed by atoms with Crippen LogP contribution < -0.4 is 0 Å². The fourth-order valence-electron chi connectivity index (χ4n) is 3.66. The number of hydrogen-bond donors (Lipinski definition) is 1. The molecule has 3 aromatic rings. The lowest BCUT2D eigenvalue weighted by Crippen LogP contribution is -2.29. The standard InChI is InChI=1S/C20H21ClN4/c1-25-10-5-14(6-11-25)17-12-16(19-4-9-23-24-19)13-18(21)20(17)15-2-7-22-8-3-15/h2-4,7-9,12-14H,5-6,10-11H2,1H3,(H,23,24). The highest BCUT2D eigenvalue weighted by Gasteiger charge is 2.24. The van der Waals surface area contributed by atoms with Gasteiger partial charge in [0.1, 0.15) is 0 Å². The van der Waals surface area contributed by atoms with Crippen molar-refractivity contribution in [1.82, 2.24) is 20.1 Å². The van der Waals surface area contributed by atoms with Crippen LogP contribution >= 0.6 is 11.6 Å². The lowest BCUT2D eigenvalue weighted by molar-refractivity contribution is 0.255. The summed E-state index contributed by atoms with van der Waals surface area (Å²) in [6, 6.07) is 10.4. The third-order valence-electron chi connectivity index (χ3n) is 5.06. The number of halogens is 1. The van der Waals surface area contributed by atoms with Crippen LogP contribution in [0.5, 0.6) is 0 Å². The molecular formula is C20H21ClN4. The van der Waals surface area contributed by atoms with E-state index in [9.17, 15) is 0 Å². The van der Waals surface area contributed by atoms with Crippen LogP contribution in [0, 0.1) is 0 Å². The van der Waals surface area contributed by atoms with Gasteiger partial charge in [0.15, 0.2) is 0 Å². The molecule has 0 radical (unpaired) electrons. The Hall–Kier alpha value is -2.17. The van der Waals surface area contributed by atoms with E-state index in [0.29, 0.717) is 5.92 Å². The molecule has 128 valence electrons. The molecule has 1 aliphatic rings. The second kappa shape index (κ2) is 6.98. The van der Waals surface area contributed by atoms with Crippen LogP contribution in [-0.2, 0) is 0 Å². The number of pyridine rings is 1. The summed E-state index contributed by atoms with van der Waals surface area (Å²) in [7, 11) is 2.19. The van der Waals surface area contributed by atoms with Gasteiger partial charge in [0.2, 0.25) is 0 Å². The van der Waals surface area contributed by atoms with Gasteiger partial charge in [0.25, 0.3) is 0 Å². The first kappa shape index (κ1) is 16.3. The van der Waals surface area contributed by atoms with Gasteiger partial charge < -0.3 is 4.90 Å². The van der Waals surface area contributed by atoms with Crippen molar-refractivity contribution in [3.8, 4) is 22.4 Å². The lowest BCUT2D eigenvalue weighted by Gasteiger charge is -2.31. The van der Waals surface area contributed by atoms with E-state index in [1.54, 1.807) is 6.20 Å². The maximum atomic E-state index is 6.77. The quantitative estimate of drug-likeness (QED) is 0.749. The Balaban J connectivity index is 1.85.